The van der Waals surface area contributed by atoms with Gasteiger partial charge in [0.1, 0.15) is 11.6 Å². The van der Waals surface area contributed by atoms with Crippen LogP contribution >= 0.6 is 0 Å². The van der Waals surface area contributed by atoms with Crippen molar-refractivity contribution in [3.63, 3.8) is 0 Å². The first-order valence-corrected chi connectivity index (χ1v) is 10.6. The molecule has 0 atom stereocenters. The lowest BCUT2D eigenvalue weighted by molar-refractivity contribution is -0.132. The van der Waals surface area contributed by atoms with E-state index in [9.17, 15) is 4.79 Å². The Morgan fingerprint density at radius 2 is 1.86 bits per heavy atom. The molecule has 2 aromatic carbocycles. The van der Waals surface area contributed by atoms with Gasteiger partial charge in [-0.05, 0) is 61.4 Å². The van der Waals surface area contributed by atoms with Gasteiger partial charge in [-0.25, -0.2) is 4.98 Å². The number of piperidine rings is 1. The van der Waals surface area contributed by atoms with E-state index in [0.717, 1.165) is 55.0 Å². The van der Waals surface area contributed by atoms with Gasteiger partial charge in [0, 0.05) is 25.9 Å². The second kappa shape index (κ2) is 9.12. The number of fused-ring (bicyclic) bond motifs is 1. The Morgan fingerprint density at radius 3 is 2.59 bits per heavy atom. The van der Waals surface area contributed by atoms with Crippen LogP contribution in [0.4, 0.5) is 0 Å². The number of aromatic nitrogens is 2. The molecule has 2 heterocycles. The molecule has 0 saturated carbocycles. The van der Waals surface area contributed by atoms with Crippen LogP contribution in [0.15, 0.2) is 48.5 Å². The molecule has 0 unspecified atom stereocenters. The number of carbonyl (C=O) groups excluding carboxylic acids is 1. The lowest BCUT2D eigenvalue weighted by Crippen LogP contribution is -2.38. The number of rotatable bonds is 7. The van der Waals surface area contributed by atoms with Gasteiger partial charge in [-0.3, -0.25) is 4.79 Å². The molecule has 1 saturated heterocycles. The molecule has 0 bridgehead atoms. The normalized spacial score (nSPS) is 15.0. The average Bonchev–Trinajstić information content (AvgIpc) is 3.20. The number of ether oxygens (including phenoxy) is 1. The molecule has 0 radical (unpaired) electrons. The number of likely N-dealkylation sites (tertiary alicyclic amines) is 1. The number of hydrogen-bond acceptors (Lipinski definition) is 3. The summed E-state index contributed by atoms with van der Waals surface area (Å²) < 4.78 is 5.22. The Labute approximate surface area is 172 Å². The van der Waals surface area contributed by atoms with E-state index < -0.39 is 0 Å². The zero-order chi connectivity index (χ0) is 20.1. The highest BCUT2D eigenvalue weighted by Crippen LogP contribution is 2.24. The fourth-order valence-electron chi connectivity index (χ4n) is 4.14. The zero-order valence-electron chi connectivity index (χ0n) is 17.1. The highest BCUT2D eigenvalue weighted by atomic mass is 16.5. The monoisotopic (exact) mass is 391 g/mol. The van der Waals surface area contributed by atoms with Crippen LogP contribution < -0.4 is 4.74 Å². The maximum atomic E-state index is 12.6. The van der Waals surface area contributed by atoms with Crippen molar-refractivity contribution in [2.24, 2.45) is 5.92 Å². The summed E-state index contributed by atoms with van der Waals surface area (Å²) in [5.74, 6) is 2.76. The third-order valence-corrected chi connectivity index (χ3v) is 5.98. The van der Waals surface area contributed by atoms with E-state index >= 15 is 0 Å². The molecule has 1 aliphatic rings. The molecule has 5 heteroatoms. The number of amides is 1. The number of para-hydroxylation sites is 2. The molecule has 1 aromatic heterocycles. The van der Waals surface area contributed by atoms with E-state index in [0.29, 0.717) is 18.8 Å². The van der Waals surface area contributed by atoms with Crippen molar-refractivity contribution >= 4 is 16.9 Å². The maximum absolute atomic E-state index is 12.6. The number of benzene rings is 2. The van der Waals surface area contributed by atoms with E-state index in [1.54, 1.807) is 7.11 Å². The second-order valence-corrected chi connectivity index (χ2v) is 7.91. The molecule has 1 amide bonds. The Hall–Kier alpha value is -2.82. The maximum Gasteiger partial charge on any atom is 0.223 e. The van der Waals surface area contributed by atoms with Gasteiger partial charge in [0.25, 0.3) is 0 Å². The quantitative estimate of drug-likeness (QED) is 0.650. The van der Waals surface area contributed by atoms with Crippen molar-refractivity contribution in [3.05, 3.63) is 59.9 Å². The van der Waals surface area contributed by atoms with Gasteiger partial charge in [-0.2, -0.15) is 0 Å². The molecule has 0 aliphatic carbocycles. The number of carbonyl (C=O) groups is 1. The van der Waals surface area contributed by atoms with Crippen LogP contribution in [-0.2, 0) is 17.6 Å². The van der Waals surface area contributed by atoms with Crippen molar-refractivity contribution in [2.45, 2.75) is 38.5 Å². The fraction of sp³-hybridized carbons (Fsp3) is 0.417. The van der Waals surface area contributed by atoms with Gasteiger partial charge < -0.3 is 14.6 Å². The molecule has 1 N–H and O–H groups in total. The minimum absolute atomic E-state index is 0.249. The molecule has 29 heavy (non-hydrogen) atoms. The Bertz CT molecular complexity index is 907. The van der Waals surface area contributed by atoms with Crippen molar-refractivity contribution in [3.8, 4) is 5.75 Å². The molecule has 1 fully saturated rings. The van der Waals surface area contributed by atoms with E-state index in [1.165, 1.54) is 12.0 Å². The van der Waals surface area contributed by atoms with Crippen LogP contribution in [0.5, 0.6) is 5.75 Å². The van der Waals surface area contributed by atoms with Crippen LogP contribution in [0, 0.1) is 5.92 Å². The summed E-state index contributed by atoms with van der Waals surface area (Å²) in [5, 5.41) is 0. The molecule has 152 valence electrons. The molecule has 4 rings (SSSR count). The standard InChI is InChI=1S/C24H29N3O2/c1-29-20-10-8-18(9-11-20)6-7-19-14-16-27(17-15-19)24(28)13-12-23-25-21-4-2-3-5-22(21)26-23/h2-5,8-11,19H,6-7,12-17H2,1H3,(H,25,26). The third-order valence-electron chi connectivity index (χ3n) is 5.98. The van der Waals surface area contributed by atoms with Crippen LogP contribution in [0.3, 0.4) is 0 Å². The molecular formula is C24H29N3O2. The van der Waals surface area contributed by atoms with Gasteiger partial charge in [-0.15, -0.1) is 0 Å². The third kappa shape index (κ3) is 4.97. The Morgan fingerprint density at radius 1 is 1.10 bits per heavy atom. The number of H-pyrrole nitrogens is 1. The number of imidazole rings is 1. The van der Waals surface area contributed by atoms with Crippen molar-refractivity contribution in [2.75, 3.05) is 20.2 Å². The lowest BCUT2D eigenvalue weighted by atomic mass is 9.90. The summed E-state index contributed by atoms with van der Waals surface area (Å²) in [7, 11) is 1.70. The van der Waals surface area contributed by atoms with Gasteiger partial charge in [-0.1, -0.05) is 24.3 Å². The second-order valence-electron chi connectivity index (χ2n) is 7.91. The summed E-state index contributed by atoms with van der Waals surface area (Å²) in [4.78, 5) is 22.5. The number of nitrogens with zero attached hydrogens (tertiary/aromatic N) is 2. The largest absolute Gasteiger partial charge is 0.497 e. The molecule has 3 aromatic rings. The van der Waals surface area contributed by atoms with E-state index in [1.807, 2.05) is 41.3 Å². The van der Waals surface area contributed by atoms with Gasteiger partial charge in [0.15, 0.2) is 0 Å². The van der Waals surface area contributed by atoms with Crippen LogP contribution in [0.25, 0.3) is 11.0 Å². The first-order chi connectivity index (χ1) is 14.2. The summed E-state index contributed by atoms with van der Waals surface area (Å²) >= 11 is 0. The summed E-state index contributed by atoms with van der Waals surface area (Å²) in [6.45, 7) is 1.76. The first-order valence-electron chi connectivity index (χ1n) is 10.6. The van der Waals surface area contributed by atoms with Crippen LogP contribution in [0.2, 0.25) is 0 Å². The van der Waals surface area contributed by atoms with Gasteiger partial charge >= 0.3 is 0 Å². The summed E-state index contributed by atoms with van der Waals surface area (Å²) in [5.41, 5.74) is 3.36. The van der Waals surface area contributed by atoms with E-state index in [4.69, 9.17) is 4.74 Å². The smallest absolute Gasteiger partial charge is 0.223 e. The van der Waals surface area contributed by atoms with E-state index in [2.05, 4.69) is 22.1 Å². The number of hydrogen-bond donors (Lipinski definition) is 1. The summed E-state index contributed by atoms with van der Waals surface area (Å²) in [6, 6.07) is 16.3. The number of aryl methyl sites for hydroxylation is 2. The lowest BCUT2D eigenvalue weighted by Gasteiger charge is -2.32. The molecule has 0 spiro atoms. The Kier molecular flexibility index (Phi) is 6.13. The van der Waals surface area contributed by atoms with E-state index in [-0.39, 0.29) is 5.91 Å². The van der Waals surface area contributed by atoms with Gasteiger partial charge in [0.05, 0.1) is 18.1 Å². The zero-order valence-corrected chi connectivity index (χ0v) is 17.1. The van der Waals surface area contributed by atoms with Crippen LogP contribution in [-0.4, -0.2) is 41.0 Å². The SMILES string of the molecule is COc1ccc(CCC2CCN(C(=O)CCc3nc4ccccc4[nH]3)CC2)cc1. The average molecular weight is 392 g/mol. The summed E-state index contributed by atoms with van der Waals surface area (Å²) in [6.07, 6.45) is 5.68. The topological polar surface area (TPSA) is 58.2 Å². The number of aromatic amines is 1. The fourth-order valence-corrected chi connectivity index (χ4v) is 4.14. The Balaban J connectivity index is 1.19. The number of methoxy groups -OCH3 is 1. The molecule has 1 aliphatic heterocycles. The minimum atomic E-state index is 0.249. The van der Waals surface area contributed by atoms with Crippen molar-refractivity contribution < 1.29 is 9.53 Å². The first kappa shape index (κ1) is 19.5. The van der Waals surface area contributed by atoms with Gasteiger partial charge in [0.2, 0.25) is 5.91 Å². The predicted molar refractivity (Wildman–Crippen MR) is 115 cm³/mol. The van der Waals surface area contributed by atoms with Crippen LogP contribution in [0.1, 0.15) is 37.1 Å². The van der Waals surface area contributed by atoms with Crippen molar-refractivity contribution in [1.82, 2.24) is 14.9 Å². The molecule has 5 nitrogen and oxygen atoms in total. The molecular weight excluding hydrogens is 362 g/mol. The predicted octanol–water partition coefficient (Wildman–Crippen LogP) is 4.38. The minimum Gasteiger partial charge on any atom is -0.497 e. The number of nitrogens with one attached hydrogen (secondary N) is 1. The van der Waals surface area contributed by atoms with Crippen molar-refractivity contribution in [1.29, 1.82) is 0 Å². The highest BCUT2D eigenvalue weighted by molar-refractivity contribution is 5.77. The highest BCUT2D eigenvalue weighted by Gasteiger charge is 2.22.